The summed E-state index contributed by atoms with van der Waals surface area (Å²) < 4.78 is 54.0. The van der Waals surface area contributed by atoms with Gasteiger partial charge in [0.05, 0.1) is 63.4 Å². The molecule has 1 saturated heterocycles. The van der Waals surface area contributed by atoms with Crippen LogP contribution in [0, 0.1) is 0 Å². The van der Waals surface area contributed by atoms with Crippen molar-refractivity contribution in [1.29, 1.82) is 0 Å². The van der Waals surface area contributed by atoms with Crippen LogP contribution >= 0.6 is 0 Å². The molecule has 1 aliphatic rings. The van der Waals surface area contributed by atoms with E-state index in [1.807, 2.05) is 4.90 Å². The second-order valence-electron chi connectivity index (χ2n) is 6.39. The Balaban J connectivity index is 1.65. The molecule has 162 valence electrons. The van der Waals surface area contributed by atoms with E-state index in [-0.39, 0.29) is 11.5 Å². The largest absolute Gasteiger partial charge is 0.378 e. The molecule has 0 aliphatic carbocycles. The van der Waals surface area contributed by atoms with Crippen LogP contribution in [-0.4, -0.2) is 99.1 Å². The zero-order valence-electron chi connectivity index (χ0n) is 16.1. The zero-order valence-corrected chi connectivity index (χ0v) is 16.9. The number of ether oxygens (including phenoxy) is 3. The standard InChI is InChI=1S/C16H30FN5O5S/c17-13-16-15(14-21-3-11-28(23,24)12-4-21)19-20-22(16)2-6-26-8-10-27-9-7-25-5-1-18/h1-14,18H2. The van der Waals surface area contributed by atoms with Gasteiger partial charge in [-0.25, -0.2) is 17.5 Å². The summed E-state index contributed by atoms with van der Waals surface area (Å²) in [6.07, 6.45) is 0. The van der Waals surface area contributed by atoms with Gasteiger partial charge in [0.25, 0.3) is 0 Å². The molecule has 0 saturated carbocycles. The van der Waals surface area contributed by atoms with Crippen molar-refractivity contribution in [2.75, 3.05) is 70.8 Å². The summed E-state index contributed by atoms with van der Waals surface area (Å²) in [5, 5.41) is 8.06. The number of nitrogens with two attached hydrogens (primary N) is 1. The van der Waals surface area contributed by atoms with Gasteiger partial charge in [0, 0.05) is 26.2 Å². The van der Waals surface area contributed by atoms with E-state index in [2.05, 4.69) is 10.3 Å². The molecule has 1 fully saturated rings. The van der Waals surface area contributed by atoms with Gasteiger partial charge in [-0.3, -0.25) is 4.90 Å². The number of hydrogen-bond acceptors (Lipinski definition) is 9. The average molecular weight is 424 g/mol. The van der Waals surface area contributed by atoms with Crippen molar-refractivity contribution in [3.05, 3.63) is 11.4 Å². The Morgan fingerprint density at radius 1 is 1.00 bits per heavy atom. The molecule has 0 radical (unpaired) electrons. The number of rotatable bonds is 14. The summed E-state index contributed by atoms with van der Waals surface area (Å²) in [7, 11) is -2.94. The molecule has 0 bridgehead atoms. The number of alkyl halides is 1. The first-order valence-electron chi connectivity index (χ1n) is 9.39. The summed E-state index contributed by atoms with van der Waals surface area (Å²) in [6, 6.07) is 0. The van der Waals surface area contributed by atoms with Crippen LogP contribution in [0.4, 0.5) is 4.39 Å². The van der Waals surface area contributed by atoms with E-state index in [4.69, 9.17) is 19.9 Å². The van der Waals surface area contributed by atoms with E-state index in [1.54, 1.807) is 0 Å². The summed E-state index contributed by atoms with van der Waals surface area (Å²) in [4.78, 5) is 1.96. The minimum Gasteiger partial charge on any atom is -0.378 e. The third-order valence-corrected chi connectivity index (χ3v) is 5.92. The van der Waals surface area contributed by atoms with E-state index in [0.29, 0.717) is 83.8 Å². The molecule has 0 atom stereocenters. The Hall–Kier alpha value is -1.18. The van der Waals surface area contributed by atoms with Gasteiger partial charge in [-0.2, -0.15) is 0 Å². The Morgan fingerprint density at radius 3 is 2.21 bits per heavy atom. The van der Waals surface area contributed by atoms with Crippen LogP contribution in [0.5, 0.6) is 0 Å². The van der Waals surface area contributed by atoms with Crippen LogP contribution in [-0.2, 0) is 43.8 Å². The Labute approximate surface area is 165 Å². The van der Waals surface area contributed by atoms with Gasteiger partial charge < -0.3 is 19.9 Å². The van der Waals surface area contributed by atoms with Crippen LogP contribution in [0.2, 0.25) is 0 Å². The molecular formula is C16H30FN5O5S. The quantitative estimate of drug-likeness (QED) is 0.375. The zero-order chi connectivity index (χ0) is 20.2. The maximum Gasteiger partial charge on any atom is 0.152 e. The fourth-order valence-corrected chi connectivity index (χ4v) is 3.99. The molecule has 12 heteroatoms. The van der Waals surface area contributed by atoms with Gasteiger partial charge in [0.1, 0.15) is 12.4 Å². The van der Waals surface area contributed by atoms with Crippen molar-refractivity contribution in [2.24, 2.45) is 5.73 Å². The topological polar surface area (TPSA) is 122 Å². The molecule has 28 heavy (non-hydrogen) atoms. The molecule has 0 unspecified atom stereocenters. The lowest BCUT2D eigenvalue weighted by Gasteiger charge is -2.25. The third kappa shape index (κ3) is 8.05. The monoisotopic (exact) mass is 423 g/mol. The first kappa shape index (κ1) is 23.1. The molecule has 10 nitrogen and oxygen atoms in total. The molecule has 0 amide bonds. The Bertz CT molecular complexity index is 658. The van der Waals surface area contributed by atoms with E-state index < -0.39 is 16.5 Å². The maximum absolute atomic E-state index is 13.5. The average Bonchev–Trinajstić information content (AvgIpc) is 3.06. The first-order valence-corrected chi connectivity index (χ1v) is 11.2. The molecule has 2 N–H and O–H groups in total. The summed E-state index contributed by atoms with van der Waals surface area (Å²) in [5.41, 5.74) is 6.26. The smallest absolute Gasteiger partial charge is 0.152 e. The van der Waals surface area contributed by atoms with Crippen molar-refractivity contribution < 1.29 is 27.0 Å². The lowest BCUT2D eigenvalue weighted by molar-refractivity contribution is 0.0139. The van der Waals surface area contributed by atoms with Crippen molar-refractivity contribution in [3.8, 4) is 0 Å². The SMILES string of the molecule is NCCOCCOCCOCCn1nnc(CN2CCS(=O)(=O)CC2)c1CF. The predicted octanol–water partition coefficient (Wildman–Crippen LogP) is -1.01. The Kier molecular flexibility index (Phi) is 10.2. The van der Waals surface area contributed by atoms with Gasteiger partial charge >= 0.3 is 0 Å². The maximum atomic E-state index is 13.5. The van der Waals surface area contributed by atoms with E-state index in [1.165, 1.54) is 4.68 Å². The highest BCUT2D eigenvalue weighted by Crippen LogP contribution is 2.13. The summed E-state index contributed by atoms with van der Waals surface area (Å²) >= 11 is 0. The molecule has 1 aromatic rings. The van der Waals surface area contributed by atoms with Crippen molar-refractivity contribution in [2.45, 2.75) is 19.8 Å². The number of nitrogens with zero attached hydrogens (tertiary/aromatic N) is 4. The predicted molar refractivity (Wildman–Crippen MR) is 100 cm³/mol. The highest BCUT2D eigenvalue weighted by molar-refractivity contribution is 7.91. The number of sulfone groups is 1. The molecule has 1 aromatic heterocycles. The number of halogens is 1. The fourth-order valence-electron chi connectivity index (χ4n) is 2.71. The molecule has 2 rings (SSSR count). The minimum absolute atomic E-state index is 0.126. The normalized spacial score (nSPS) is 17.2. The van der Waals surface area contributed by atoms with Crippen LogP contribution < -0.4 is 5.73 Å². The van der Waals surface area contributed by atoms with E-state index in [0.717, 1.165) is 0 Å². The Morgan fingerprint density at radius 2 is 1.61 bits per heavy atom. The van der Waals surface area contributed by atoms with Gasteiger partial charge in [0.15, 0.2) is 9.84 Å². The van der Waals surface area contributed by atoms with Crippen LogP contribution in [0.1, 0.15) is 11.4 Å². The molecule has 1 aliphatic heterocycles. The van der Waals surface area contributed by atoms with Crippen molar-refractivity contribution >= 4 is 9.84 Å². The van der Waals surface area contributed by atoms with Crippen LogP contribution in [0.25, 0.3) is 0 Å². The van der Waals surface area contributed by atoms with Crippen molar-refractivity contribution in [1.82, 2.24) is 19.9 Å². The second-order valence-corrected chi connectivity index (χ2v) is 8.70. The summed E-state index contributed by atoms with van der Waals surface area (Å²) in [5.74, 6) is 0.252. The lowest BCUT2D eigenvalue weighted by Crippen LogP contribution is -2.39. The van der Waals surface area contributed by atoms with Gasteiger partial charge in [0.2, 0.25) is 0 Å². The number of aromatic nitrogens is 3. The first-order chi connectivity index (χ1) is 13.6. The van der Waals surface area contributed by atoms with Gasteiger partial charge in [-0.1, -0.05) is 5.21 Å². The van der Waals surface area contributed by atoms with Crippen LogP contribution in [0.3, 0.4) is 0 Å². The highest BCUT2D eigenvalue weighted by Gasteiger charge is 2.23. The number of hydrogen-bond donors (Lipinski definition) is 1. The molecule has 0 spiro atoms. The minimum atomic E-state index is -2.94. The lowest BCUT2D eigenvalue weighted by atomic mass is 10.3. The van der Waals surface area contributed by atoms with Crippen molar-refractivity contribution in [3.63, 3.8) is 0 Å². The van der Waals surface area contributed by atoms with Gasteiger partial charge in [-0.05, 0) is 0 Å². The van der Waals surface area contributed by atoms with Crippen LogP contribution in [0.15, 0.2) is 0 Å². The fraction of sp³-hybridized carbons (Fsp3) is 0.875. The second kappa shape index (κ2) is 12.4. The highest BCUT2D eigenvalue weighted by atomic mass is 32.2. The molecule has 0 aromatic carbocycles. The van der Waals surface area contributed by atoms with E-state index >= 15 is 0 Å². The van der Waals surface area contributed by atoms with Gasteiger partial charge in [-0.15, -0.1) is 5.10 Å². The molecular weight excluding hydrogens is 393 g/mol. The third-order valence-electron chi connectivity index (χ3n) is 4.31. The van der Waals surface area contributed by atoms with E-state index in [9.17, 15) is 12.8 Å². The molecule has 2 heterocycles. The summed E-state index contributed by atoms with van der Waals surface area (Å²) in [6.45, 7) is 4.21.